The number of nitrogens with one attached hydrogen (secondary N) is 1. The number of halogens is 1. The summed E-state index contributed by atoms with van der Waals surface area (Å²) in [5.41, 5.74) is 0.965. The quantitative estimate of drug-likeness (QED) is 0.903. The van der Waals surface area contributed by atoms with Crippen molar-refractivity contribution in [3.63, 3.8) is 0 Å². The topological polar surface area (TPSA) is 45.2 Å². The summed E-state index contributed by atoms with van der Waals surface area (Å²) < 4.78 is 13.9. The molecule has 2 aromatic rings. The van der Waals surface area contributed by atoms with Gasteiger partial charge in [-0.25, -0.2) is 9.37 Å². The van der Waals surface area contributed by atoms with Crippen LogP contribution in [0.15, 0.2) is 29.6 Å². The lowest BCUT2D eigenvalue weighted by Crippen LogP contribution is -2.30. The van der Waals surface area contributed by atoms with E-state index in [-0.39, 0.29) is 17.8 Å². The minimum absolute atomic E-state index is 0.169. The third-order valence-electron chi connectivity index (χ3n) is 4.65. The van der Waals surface area contributed by atoms with Crippen molar-refractivity contribution >= 4 is 17.2 Å². The van der Waals surface area contributed by atoms with E-state index in [1.807, 2.05) is 12.3 Å². The fourth-order valence-corrected chi connectivity index (χ4v) is 3.90. The third-order valence-corrected chi connectivity index (χ3v) is 5.52. The lowest BCUT2D eigenvalue weighted by atomic mass is 10.1. The summed E-state index contributed by atoms with van der Waals surface area (Å²) in [6.07, 6.45) is 2.07. The van der Waals surface area contributed by atoms with Crippen molar-refractivity contribution in [2.45, 2.75) is 25.8 Å². The Bertz CT molecular complexity index is 712. The predicted molar refractivity (Wildman–Crippen MR) is 93.7 cm³/mol. The molecule has 0 spiro atoms. The first-order chi connectivity index (χ1) is 11.6. The molecule has 128 valence electrons. The maximum Gasteiger partial charge on any atom is 0.273 e. The Hall–Kier alpha value is -1.79. The lowest BCUT2D eigenvalue weighted by molar-refractivity contribution is 0.0735. The van der Waals surface area contributed by atoms with Gasteiger partial charge >= 0.3 is 0 Å². The van der Waals surface area contributed by atoms with E-state index in [4.69, 9.17) is 0 Å². The van der Waals surface area contributed by atoms with Crippen LogP contribution in [0.1, 0.15) is 40.4 Å². The summed E-state index contributed by atoms with van der Waals surface area (Å²) in [5.74, 6) is 0.143. The number of carbonyl (C=O) groups excluding carboxylic acids is 1. The van der Waals surface area contributed by atoms with Crippen LogP contribution >= 0.6 is 11.3 Å². The highest BCUT2D eigenvalue weighted by Gasteiger charge is 2.24. The molecule has 1 aliphatic rings. The smallest absolute Gasteiger partial charge is 0.273 e. The Kier molecular flexibility index (Phi) is 5.26. The van der Waals surface area contributed by atoms with Gasteiger partial charge in [-0.1, -0.05) is 18.2 Å². The minimum Gasteiger partial charge on any atom is -0.333 e. The van der Waals surface area contributed by atoms with Crippen LogP contribution in [0, 0.1) is 11.7 Å². The number of hydrogen-bond donors (Lipinski definition) is 1. The van der Waals surface area contributed by atoms with E-state index in [9.17, 15) is 9.18 Å². The molecule has 0 saturated carbocycles. The molecular formula is C18H22FN3OS. The Morgan fingerprint density at radius 1 is 1.50 bits per heavy atom. The molecule has 1 saturated heterocycles. The van der Waals surface area contributed by atoms with Gasteiger partial charge < -0.3 is 10.2 Å². The molecule has 2 atom stereocenters. The van der Waals surface area contributed by atoms with E-state index in [1.165, 1.54) is 17.4 Å². The van der Waals surface area contributed by atoms with E-state index < -0.39 is 0 Å². The van der Waals surface area contributed by atoms with Crippen LogP contribution in [0.4, 0.5) is 4.39 Å². The van der Waals surface area contributed by atoms with Crippen LogP contribution < -0.4 is 5.32 Å². The van der Waals surface area contributed by atoms with Crippen LogP contribution in [-0.4, -0.2) is 35.9 Å². The number of thiazole rings is 1. The number of nitrogens with zero attached hydrogens (tertiary/aromatic N) is 2. The number of benzene rings is 1. The molecule has 0 aliphatic carbocycles. The minimum atomic E-state index is -0.345. The van der Waals surface area contributed by atoms with Gasteiger partial charge in [-0.05, 0) is 38.4 Å². The van der Waals surface area contributed by atoms with E-state index in [2.05, 4.69) is 10.3 Å². The molecular weight excluding hydrogens is 325 g/mol. The molecule has 6 heteroatoms. The Morgan fingerprint density at radius 2 is 2.29 bits per heavy atom. The second kappa shape index (κ2) is 7.40. The number of carbonyl (C=O) groups is 1. The van der Waals surface area contributed by atoms with Crippen LogP contribution in [0.25, 0.3) is 0 Å². The Balaban J connectivity index is 1.69. The van der Waals surface area contributed by atoms with Crippen molar-refractivity contribution in [2.24, 2.45) is 5.92 Å². The lowest BCUT2D eigenvalue weighted by Gasteiger charge is -2.25. The Labute approximate surface area is 145 Å². The van der Waals surface area contributed by atoms with Crippen LogP contribution in [0.2, 0.25) is 0 Å². The van der Waals surface area contributed by atoms with Gasteiger partial charge in [0.15, 0.2) is 0 Å². The molecule has 3 rings (SSSR count). The highest BCUT2D eigenvalue weighted by molar-refractivity contribution is 7.09. The molecule has 4 nitrogen and oxygen atoms in total. The molecule has 1 aliphatic heterocycles. The summed E-state index contributed by atoms with van der Waals surface area (Å²) in [6, 6.07) is 6.22. The summed E-state index contributed by atoms with van der Waals surface area (Å²) >= 11 is 1.53. The zero-order chi connectivity index (χ0) is 17.1. The molecule has 1 aromatic heterocycles. The van der Waals surface area contributed by atoms with E-state index >= 15 is 0 Å². The van der Waals surface area contributed by atoms with Gasteiger partial charge in [0.25, 0.3) is 5.91 Å². The fraction of sp³-hybridized carbons (Fsp3) is 0.444. The maximum atomic E-state index is 13.9. The predicted octanol–water partition coefficient (Wildman–Crippen LogP) is 3.27. The van der Waals surface area contributed by atoms with Crippen LogP contribution in [0.5, 0.6) is 0 Å². The van der Waals surface area contributed by atoms with Crippen molar-refractivity contribution in [1.82, 2.24) is 15.2 Å². The molecule has 0 bridgehead atoms. The highest BCUT2D eigenvalue weighted by Crippen LogP contribution is 2.24. The highest BCUT2D eigenvalue weighted by atomic mass is 32.1. The normalized spacial score (nSPS) is 18.5. The first-order valence-corrected chi connectivity index (χ1v) is 9.11. The van der Waals surface area contributed by atoms with Crippen molar-refractivity contribution in [3.05, 3.63) is 51.7 Å². The standard InChI is InChI=1S/C18H22FN3OS/c1-12(14-5-3-4-6-15(14)19)22(2)18(23)16-11-24-17(21-16)9-13-7-8-20-10-13/h3-6,11-13,20H,7-10H2,1-2H3. The molecule has 2 unspecified atom stereocenters. The molecule has 1 N–H and O–H groups in total. The zero-order valence-electron chi connectivity index (χ0n) is 14.0. The van der Waals surface area contributed by atoms with Crippen molar-refractivity contribution < 1.29 is 9.18 Å². The monoisotopic (exact) mass is 347 g/mol. The molecule has 1 aromatic carbocycles. The summed E-state index contributed by atoms with van der Waals surface area (Å²) in [7, 11) is 1.69. The van der Waals surface area contributed by atoms with E-state index in [1.54, 1.807) is 30.1 Å². The SMILES string of the molecule is CC(c1ccccc1F)N(C)C(=O)c1csc(CC2CCNC2)n1. The van der Waals surface area contributed by atoms with Crippen molar-refractivity contribution in [3.8, 4) is 0 Å². The van der Waals surface area contributed by atoms with Crippen LogP contribution in [-0.2, 0) is 6.42 Å². The largest absolute Gasteiger partial charge is 0.333 e. The van der Waals surface area contributed by atoms with Crippen molar-refractivity contribution in [1.29, 1.82) is 0 Å². The third kappa shape index (κ3) is 3.65. The van der Waals surface area contributed by atoms with E-state index in [0.717, 1.165) is 30.9 Å². The van der Waals surface area contributed by atoms with Gasteiger partial charge in [-0.3, -0.25) is 4.79 Å². The van der Waals surface area contributed by atoms with Gasteiger partial charge in [0.2, 0.25) is 0 Å². The molecule has 2 heterocycles. The average Bonchev–Trinajstić information content (AvgIpc) is 3.26. The second-order valence-electron chi connectivity index (χ2n) is 6.30. The van der Waals surface area contributed by atoms with Crippen molar-refractivity contribution in [2.75, 3.05) is 20.1 Å². The summed E-state index contributed by atoms with van der Waals surface area (Å²) in [5, 5.41) is 6.15. The van der Waals surface area contributed by atoms with Gasteiger partial charge in [-0.2, -0.15) is 0 Å². The van der Waals surface area contributed by atoms with Gasteiger partial charge in [0.1, 0.15) is 11.5 Å². The first kappa shape index (κ1) is 17.0. The van der Waals surface area contributed by atoms with Gasteiger partial charge in [0.05, 0.1) is 11.0 Å². The zero-order valence-corrected chi connectivity index (χ0v) is 14.8. The van der Waals surface area contributed by atoms with Crippen LogP contribution in [0.3, 0.4) is 0 Å². The summed E-state index contributed by atoms with van der Waals surface area (Å²) in [6.45, 7) is 3.91. The molecule has 1 fully saturated rings. The average molecular weight is 347 g/mol. The summed E-state index contributed by atoms with van der Waals surface area (Å²) in [4.78, 5) is 18.7. The number of aromatic nitrogens is 1. The maximum absolute atomic E-state index is 13.9. The number of rotatable bonds is 5. The number of amides is 1. The second-order valence-corrected chi connectivity index (χ2v) is 7.25. The first-order valence-electron chi connectivity index (χ1n) is 8.23. The van der Waals surface area contributed by atoms with Gasteiger partial charge in [-0.15, -0.1) is 11.3 Å². The van der Waals surface area contributed by atoms with Gasteiger partial charge in [0, 0.05) is 24.4 Å². The Morgan fingerprint density at radius 3 is 3.00 bits per heavy atom. The molecule has 1 amide bonds. The fourth-order valence-electron chi connectivity index (χ4n) is 3.02. The molecule has 0 radical (unpaired) electrons. The van der Waals surface area contributed by atoms with E-state index in [0.29, 0.717) is 17.2 Å². The number of hydrogen-bond acceptors (Lipinski definition) is 4. The molecule has 24 heavy (non-hydrogen) atoms.